The van der Waals surface area contributed by atoms with Crippen LogP contribution >= 0.6 is 0 Å². The third-order valence-corrected chi connectivity index (χ3v) is 8.93. The molecule has 1 aromatic carbocycles. The summed E-state index contributed by atoms with van der Waals surface area (Å²) >= 11 is 0. The minimum atomic E-state index is -0.834. The van der Waals surface area contributed by atoms with Crippen LogP contribution in [0.4, 0.5) is 10.2 Å². The first-order chi connectivity index (χ1) is 20.2. The molecule has 1 aromatic heterocycles. The largest absolute Gasteiger partial charge is 0.496 e. The number of ether oxygens (including phenoxy) is 4. The highest BCUT2D eigenvalue weighted by Crippen LogP contribution is 2.40. The van der Waals surface area contributed by atoms with Crippen LogP contribution in [0.2, 0.25) is 0 Å². The minimum Gasteiger partial charge on any atom is -0.496 e. The summed E-state index contributed by atoms with van der Waals surface area (Å²) in [7, 11) is 3.37. The van der Waals surface area contributed by atoms with Gasteiger partial charge in [0.1, 0.15) is 28.8 Å². The molecule has 42 heavy (non-hydrogen) atoms. The lowest BCUT2D eigenvalue weighted by Gasteiger charge is -2.37. The molecular weight excluding hydrogens is 541 g/mol. The molecule has 0 radical (unpaired) electrons. The van der Waals surface area contributed by atoms with E-state index in [2.05, 4.69) is 5.32 Å². The zero-order chi connectivity index (χ0) is 29.9. The van der Waals surface area contributed by atoms with Gasteiger partial charge < -0.3 is 39.4 Å². The fourth-order valence-electron chi connectivity index (χ4n) is 6.20. The Bertz CT molecular complexity index is 1280. The zero-order valence-corrected chi connectivity index (χ0v) is 25.2. The molecule has 9 nitrogen and oxygen atoms in total. The van der Waals surface area contributed by atoms with Crippen molar-refractivity contribution in [2.24, 2.45) is 5.92 Å². The van der Waals surface area contributed by atoms with E-state index in [1.54, 1.807) is 14.2 Å². The van der Waals surface area contributed by atoms with Crippen molar-refractivity contribution in [3.05, 3.63) is 52.3 Å². The van der Waals surface area contributed by atoms with Crippen LogP contribution < -0.4 is 14.8 Å². The summed E-state index contributed by atoms with van der Waals surface area (Å²) in [5.41, 5.74) is 3.11. The molecule has 0 spiro atoms. The van der Waals surface area contributed by atoms with Crippen molar-refractivity contribution < 1.29 is 33.6 Å². The van der Waals surface area contributed by atoms with Crippen LogP contribution in [0.5, 0.6) is 11.5 Å². The molecular formula is C32H44FN3O6. The fraction of sp³-hybridized carbons (Fsp3) is 0.594. The number of nitrogens with one attached hydrogen (secondary N) is 1. The average Bonchev–Trinajstić information content (AvgIpc) is 3.44. The molecule has 3 N–H and O–H groups in total. The molecule has 5 rings (SSSR count). The summed E-state index contributed by atoms with van der Waals surface area (Å²) in [4.78, 5) is 6.67. The van der Waals surface area contributed by atoms with Gasteiger partial charge in [0.15, 0.2) is 0 Å². The highest BCUT2D eigenvalue weighted by molar-refractivity contribution is 5.70. The number of methoxy groups -OCH3 is 2. The molecule has 0 aliphatic carbocycles. The Kier molecular flexibility index (Phi) is 9.32. The van der Waals surface area contributed by atoms with Gasteiger partial charge in [0.2, 0.25) is 0 Å². The Labute approximate surface area is 247 Å². The van der Waals surface area contributed by atoms with Crippen molar-refractivity contribution in [1.82, 2.24) is 9.88 Å². The lowest BCUT2D eigenvalue weighted by molar-refractivity contribution is -0.0469. The van der Waals surface area contributed by atoms with Crippen molar-refractivity contribution in [2.45, 2.75) is 70.5 Å². The van der Waals surface area contributed by atoms with E-state index >= 15 is 0 Å². The number of benzene rings is 1. The first-order valence-corrected chi connectivity index (χ1v) is 15.0. The molecule has 0 amide bonds. The predicted octanol–water partition coefficient (Wildman–Crippen LogP) is 5.42. The number of hydrogen-bond donors (Lipinski definition) is 3. The van der Waals surface area contributed by atoms with E-state index in [0.29, 0.717) is 44.0 Å². The van der Waals surface area contributed by atoms with Gasteiger partial charge in [-0.3, -0.25) is 0 Å². The van der Waals surface area contributed by atoms with Crippen LogP contribution in [0, 0.1) is 11.7 Å². The third kappa shape index (κ3) is 6.54. The van der Waals surface area contributed by atoms with Gasteiger partial charge in [0.25, 0.3) is 5.95 Å². The van der Waals surface area contributed by atoms with E-state index in [-0.39, 0.29) is 17.7 Å². The van der Waals surface area contributed by atoms with Crippen molar-refractivity contribution in [3.8, 4) is 11.5 Å². The van der Waals surface area contributed by atoms with Gasteiger partial charge in [-0.2, -0.15) is 0 Å². The van der Waals surface area contributed by atoms with E-state index in [4.69, 9.17) is 23.9 Å². The van der Waals surface area contributed by atoms with E-state index in [0.717, 1.165) is 73.5 Å². The van der Waals surface area contributed by atoms with Gasteiger partial charge in [-0.15, -0.1) is 0 Å². The topological polar surface area (TPSA) is 106 Å². The average molecular weight is 586 g/mol. The maximum Gasteiger partial charge on any atom is 0.299 e. The number of fused-ring (bicyclic) bond motifs is 2. The predicted molar refractivity (Wildman–Crippen MR) is 159 cm³/mol. The molecule has 3 aliphatic rings. The Morgan fingerprint density at radius 2 is 2.02 bits per heavy atom. The molecule has 230 valence electrons. The van der Waals surface area contributed by atoms with E-state index < -0.39 is 17.4 Å². The Balaban J connectivity index is 1.18. The van der Waals surface area contributed by atoms with Gasteiger partial charge in [-0.25, -0.2) is 9.37 Å². The van der Waals surface area contributed by atoms with Crippen LogP contribution in [-0.2, 0) is 28.7 Å². The number of likely N-dealkylation sites (tertiary alicyclic amines) is 1. The Morgan fingerprint density at radius 3 is 2.79 bits per heavy atom. The number of hydrogen-bond acceptors (Lipinski definition) is 9. The monoisotopic (exact) mass is 585 g/mol. The first kappa shape index (κ1) is 30.2. The van der Waals surface area contributed by atoms with Crippen LogP contribution in [0.3, 0.4) is 0 Å². The summed E-state index contributed by atoms with van der Waals surface area (Å²) in [6.45, 7) is 6.97. The number of halogens is 1. The van der Waals surface area contributed by atoms with Gasteiger partial charge in [0, 0.05) is 73.8 Å². The molecule has 1 fully saturated rings. The highest BCUT2D eigenvalue weighted by atomic mass is 19.1. The van der Waals surface area contributed by atoms with Gasteiger partial charge in [-0.1, -0.05) is 0 Å². The molecule has 4 heterocycles. The van der Waals surface area contributed by atoms with Gasteiger partial charge in [-0.05, 0) is 64.9 Å². The van der Waals surface area contributed by atoms with Crippen LogP contribution in [0.25, 0.3) is 5.70 Å². The molecule has 0 bridgehead atoms. The van der Waals surface area contributed by atoms with E-state index in [1.807, 2.05) is 24.8 Å². The number of aliphatic hydroxyl groups excluding tert-OH is 1. The number of unbranched alkanes of at least 4 members (excludes halogenated alkanes) is 1. The smallest absolute Gasteiger partial charge is 0.299 e. The molecule has 2 atom stereocenters. The second-order valence-electron chi connectivity index (χ2n) is 12.0. The quantitative estimate of drug-likeness (QED) is 0.236. The molecule has 2 aromatic rings. The van der Waals surface area contributed by atoms with E-state index in [1.165, 1.54) is 12.1 Å². The van der Waals surface area contributed by atoms with Crippen molar-refractivity contribution in [1.29, 1.82) is 0 Å². The summed E-state index contributed by atoms with van der Waals surface area (Å²) in [6, 6.07) is 4.77. The van der Waals surface area contributed by atoms with Crippen molar-refractivity contribution >= 4 is 11.5 Å². The summed E-state index contributed by atoms with van der Waals surface area (Å²) < 4.78 is 38.1. The standard InChI is InChI=1S/C32H44FN3O6/c1-32(2,40-4)20-14-25-26(15-21(33)16-28(25)42-19-20)29(31(37)38)36-12-10-23(18-36)41-13-6-5-8-22-17-27(39-3)24-9-7-11-34-30(24)35-22/h15-17,20,23,37-38H,5-14,18-19H2,1-4H3,(H,34,35)/t20?,23-/m1/s1. The molecule has 10 heteroatoms. The SMILES string of the molecule is COc1cc(CCCCO[C@@H]2CCN(C(=C(O)O)c3cc(F)cc4c3CC(C(C)(C)OC)CO4)C2)nc2c1CCCN2. The maximum absolute atomic E-state index is 14.7. The molecule has 1 unspecified atom stereocenters. The number of anilines is 1. The Morgan fingerprint density at radius 1 is 1.19 bits per heavy atom. The van der Waals surface area contributed by atoms with Crippen molar-refractivity contribution in [2.75, 3.05) is 52.4 Å². The molecule has 3 aliphatic heterocycles. The van der Waals surface area contributed by atoms with Crippen molar-refractivity contribution in [3.63, 3.8) is 0 Å². The van der Waals surface area contributed by atoms with Crippen LogP contribution in [0.1, 0.15) is 61.9 Å². The van der Waals surface area contributed by atoms with E-state index in [9.17, 15) is 14.6 Å². The number of rotatable bonds is 11. The number of aromatic nitrogens is 1. The maximum atomic E-state index is 14.7. The second kappa shape index (κ2) is 13.0. The normalized spacial score (nSPS) is 19.9. The Hall–Kier alpha value is -3.24. The lowest BCUT2D eigenvalue weighted by Crippen LogP contribution is -2.41. The number of nitrogens with zero attached hydrogens (tertiary/aromatic N) is 2. The van der Waals surface area contributed by atoms with Gasteiger partial charge >= 0.3 is 0 Å². The summed E-state index contributed by atoms with van der Waals surface area (Å²) in [5.74, 6) is 0.979. The number of aryl methyl sites for hydroxylation is 1. The lowest BCUT2D eigenvalue weighted by atomic mass is 9.82. The van der Waals surface area contributed by atoms with Crippen LogP contribution in [0.15, 0.2) is 24.1 Å². The fourth-order valence-corrected chi connectivity index (χ4v) is 6.20. The first-order valence-electron chi connectivity index (χ1n) is 15.0. The minimum absolute atomic E-state index is 0.0183. The highest BCUT2D eigenvalue weighted by Gasteiger charge is 2.37. The zero-order valence-electron chi connectivity index (χ0n) is 25.2. The molecule has 1 saturated heterocycles. The number of pyridine rings is 1. The number of aliphatic hydroxyl groups is 2. The van der Waals surface area contributed by atoms with Crippen LogP contribution in [-0.4, -0.2) is 78.9 Å². The van der Waals surface area contributed by atoms with Gasteiger partial charge in [0.05, 0.1) is 25.4 Å². The molecule has 0 saturated carbocycles. The summed E-state index contributed by atoms with van der Waals surface area (Å²) in [6.07, 6.45) is 5.96. The third-order valence-electron chi connectivity index (χ3n) is 8.93. The second-order valence-corrected chi connectivity index (χ2v) is 12.0. The summed E-state index contributed by atoms with van der Waals surface area (Å²) in [5, 5.41) is 24.2.